The predicted octanol–water partition coefficient (Wildman–Crippen LogP) is 1.85. The number of aromatic nitrogens is 2. The van der Waals surface area contributed by atoms with Gasteiger partial charge in [-0.05, 0) is 33.1 Å². The van der Waals surface area contributed by atoms with Gasteiger partial charge in [0, 0.05) is 17.8 Å². The topological polar surface area (TPSA) is 84.3 Å². The van der Waals surface area contributed by atoms with Crippen molar-refractivity contribution in [3.8, 4) is 5.88 Å². The highest BCUT2D eigenvalue weighted by molar-refractivity contribution is 5.70. The van der Waals surface area contributed by atoms with Crippen LogP contribution in [0, 0.1) is 12.8 Å². The quantitative estimate of drug-likeness (QED) is 0.845. The van der Waals surface area contributed by atoms with E-state index in [2.05, 4.69) is 15.3 Å². The summed E-state index contributed by atoms with van der Waals surface area (Å²) in [5.74, 6) is 0.108. The number of carbonyl (C=O) groups is 1. The van der Waals surface area contributed by atoms with E-state index < -0.39 is 5.97 Å². The summed E-state index contributed by atoms with van der Waals surface area (Å²) in [6.45, 7) is 4.36. The van der Waals surface area contributed by atoms with Crippen LogP contribution < -0.4 is 10.1 Å². The lowest BCUT2D eigenvalue weighted by Crippen LogP contribution is -2.19. The van der Waals surface area contributed by atoms with Crippen molar-refractivity contribution in [2.45, 2.75) is 39.2 Å². The molecular formula is C13H19N3O3. The van der Waals surface area contributed by atoms with E-state index in [1.54, 1.807) is 6.20 Å². The van der Waals surface area contributed by atoms with Crippen LogP contribution in [0.25, 0.3) is 0 Å². The van der Waals surface area contributed by atoms with Gasteiger partial charge in [0.25, 0.3) is 0 Å². The maximum atomic E-state index is 10.9. The molecule has 0 saturated heterocycles. The first-order chi connectivity index (χ1) is 9.10. The Hall–Kier alpha value is -1.85. The molecule has 1 aromatic heterocycles. The highest BCUT2D eigenvalue weighted by Gasteiger charge is 2.30. The number of carboxylic acids is 1. The molecule has 1 saturated carbocycles. The molecule has 1 aromatic rings. The number of rotatable bonds is 5. The summed E-state index contributed by atoms with van der Waals surface area (Å²) in [4.78, 5) is 19.4. The van der Waals surface area contributed by atoms with Gasteiger partial charge in [0.15, 0.2) is 0 Å². The smallest absolute Gasteiger partial charge is 0.306 e. The Morgan fingerprint density at radius 3 is 3.00 bits per heavy atom. The van der Waals surface area contributed by atoms with Crippen molar-refractivity contribution in [3.63, 3.8) is 0 Å². The fourth-order valence-electron chi connectivity index (χ4n) is 2.30. The van der Waals surface area contributed by atoms with Crippen LogP contribution in [0.4, 0.5) is 5.95 Å². The molecule has 0 amide bonds. The Bertz CT molecular complexity index is 464. The van der Waals surface area contributed by atoms with Crippen LogP contribution in [0.5, 0.6) is 5.88 Å². The third-order valence-corrected chi connectivity index (χ3v) is 3.32. The van der Waals surface area contributed by atoms with Gasteiger partial charge in [0.1, 0.15) is 0 Å². The molecule has 1 aliphatic carbocycles. The zero-order valence-electron chi connectivity index (χ0n) is 11.2. The second-order valence-electron chi connectivity index (χ2n) is 4.80. The number of hydrogen-bond donors (Lipinski definition) is 2. The van der Waals surface area contributed by atoms with Crippen molar-refractivity contribution < 1.29 is 14.6 Å². The second-order valence-corrected chi connectivity index (χ2v) is 4.80. The largest absolute Gasteiger partial charge is 0.481 e. The zero-order chi connectivity index (χ0) is 13.8. The van der Waals surface area contributed by atoms with Crippen molar-refractivity contribution in [3.05, 3.63) is 11.8 Å². The van der Waals surface area contributed by atoms with E-state index in [9.17, 15) is 4.79 Å². The Morgan fingerprint density at radius 1 is 1.58 bits per heavy atom. The Kier molecular flexibility index (Phi) is 4.19. The minimum absolute atomic E-state index is 0.123. The van der Waals surface area contributed by atoms with Gasteiger partial charge in [-0.1, -0.05) is 0 Å². The van der Waals surface area contributed by atoms with Crippen molar-refractivity contribution in [1.29, 1.82) is 0 Å². The molecule has 0 spiro atoms. The molecule has 1 aliphatic rings. The van der Waals surface area contributed by atoms with E-state index in [0.29, 0.717) is 31.3 Å². The Labute approximate surface area is 112 Å². The SMILES string of the molecule is CCOc1nc(N[C@H]2CC[C@@H](C(=O)O)C2)ncc1C. The predicted molar refractivity (Wildman–Crippen MR) is 70.3 cm³/mol. The maximum Gasteiger partial charge on any atom is 0.306 e. The minimum atomic E-state index is -0.718. The molecule has 2 rings (SSSR count). The number of aliphatic carboxylic acids is 1. The monoisotopic (exact) mass is 265 g/mol. The van der Waals surface area contributed by atoms with Crippen molar-refractivity contribution in [2.24, 2.45) is 5.92 Å². The molecule has 2 atom stereocenters. The second kappa shape index (κ2) is 5.86. The molecule has 6 heteroatoms. The van der Waals surface area contributed by atoms with Gasteiger partial charge in [0.2, 0.25) is 11.8 Å². The van der Waals surface area contributed by atoms with Crippen molar-refractivity contribution in [2.75, 3.05) is 11.9 Å². The lowest BCUT2D eigenvalue weighted by atomic mass is 10.1. The Balaban J connectivity index is 2.00. The number of anilines is 1. The lowest BCUT2D eigenvalue weighted by molar-refractivity contribution is -0.141. The molecule has 0 bridgehead atoms. The average Bonchev–Trinajstić information content (AvgIpc) is 2.82. The number of carboxylic acid groups (broad SMARTS) is 1. The number of aryl methyl sites for hydroxylation is 1. The summed E-state index contributed by atoms with van der Waals surface area (Å²) >= 11 is 0. The fraction of sp³-hybridized carbons (Fsp3) is 0.615. The summed E-state index contributed by atoms with van der Waals surface area (Å²) in [5.41, 5.74) is 0.891. The van der Waals surface area contributed by atoms with Crippen molar-refractivity contribution >= 4 is 11.9 Å². The first-order valence-electron chi connectivity index (χ1n) is 6.56. The van der Waals surface area contributed by atoms with E-state index >= 15 is 0 Å². The van der Waals surface area contributed by atoms with E-state index in [1.165, 1.54) is 0 Å². The van der Waals surface area contributed by atoms with Gasteiger partial charge in [0.05, 0.1) is 12.5 Å². The molecule has 0 unspecified atom stereocenters. The number of nitrogens with one attached hydrogen (secondary N) is 1. The fourth-order valence-corrected chi connectivity index (χ4v) is 2.30. The molecule has 6 nitrogen and oxygen atoms in total. The summed E-state index contributed by atoms with van der Waals surface area (Å²) in [6.07, 6.45) is 3.87. The molecule has 19 heavy (non-hydrogen) atoms. The van der Waals surface area contributed by atoms with Crippen LogP contribution in [-0.2, 0) is 4.79 Å². The lowest BCUT2D eigenvalue weighted by Gasteiger charge is -2.13. The average molecular weight is 265 g/mol. The van der Waals surface area contributed by atoms with E-state index in [0.717, 1.165) is 12.0 Å². The summed E-state index contributed by atoms with van der Waals surface area (Å²) in [7, 11) is 0. The van der Waals surface area contributed by atoms with E-state index in [1.807, 2.05) is 13.8 Å². The van der Waals surface area contributed by atoms with Crippen molar-refractivity contribution in [1.82, 2.24) is 9.97 Å². The number of ether oxygens (including phenoxy) is 1. The normalized spacial score (nSPS) is 22.2. The third-order valence-electron chi connectivity index (χ3n) is 3.32. The molecule has 1 heterocycles. The van der Waals surface area contributed by atoms with Gasteiger partial charge in [-0.25, -0.2) is 4.98 Å². The van der Waals surface area contributed by atoms with Gasteiger partial charge in [-0.3, -0.25) is 4.79 Å². The highest BCUT2D eigenvalue weighted by Crippen LogP contribution is 2.28. The van der Waals surface area contributed by atoms with Crippen LogP contribution in [0.1, 0.15) is 31.7 Å². The molecule has 1 fully saturated rings. The standard InChI is InChI=1S/C13H19N3O3/c1-3-19-11-8(2)7-14-13(16-11)15-10-5-4-9(6-10)12(17)18/h7,9-10H,3-6H2,1-2H3,(H,17,18)(H,14,15,16)/t9-,10+/m1/s1. The summed E-state index contributed by atoms with van der Waals surface area (Å²) in [5, 5.41) is 12.2. The van der Waals surface area contributed by atoms with Crippen LogP contribution in [0.15, 0.2) is 6.20 Å². The first-order valence-corrected chi connectivity index (χ1v) is 6.56. The van der Waals surface area contributed by atoms with Crippen LogP contribution in [0.2, 0.25) is 0 Å². The summed E-state index contributed by atoms with van der Waals surface area (Å²) < 4.78 is 5.42. The van der Waals surface area contributed by atoms with Gasteiger partial charge in [-0.2, -0.15) is 4.98 Å². The molecule has 0 radical (unpaired) electrons. The van der Waals surface area contributed by atoms with Gasteiger partial charge >= 0.3 is 5.97 Å². The molecule has 0 aliphatic heterocycles. The number of nitrogens with zero attached hydrogens (tertiary/aromatic N) is 2. The molecule has 104 valence electrons. The van der Waals surface area contributed by atoms with E-state index in [4.69, 9.17) is 9.84 Å². The van der Waals surface area contributed by atoms with Crippen LogP contribution in [-0.4, -0.2) is 33.7 Å². The molecule has 0 aromatic carbocycles. The minimum Gasteiger partial charge on any atom is -0.481 e. The zero-order valence-corrected chi connectivity index (χ0v) is 11.2. The van der Waals surface area contributed by atoms with Crippen LogP contribution in [0.3, 0.4) is 0 Å². The first kappa shape index (κ1) is 13.6. The van der Waals surface area contributed by atoms with E-state index in [-0.39, 0.29) is 12.0 Å². The number of hydrogen-bond acceptors (Lipinski definition) is 5. The summed E-state index contributed by atoms with van der Waals surface area (Å²) in [6, 6.07) is 0.123. The molecule has 2 N–H and O–H groups in total. The Morgan fingerprint density at radius 2 is 2.37 bits per heavy atom. The van der Waals surface area contributed by atoms with Gasteiger partial charge < -0.3 is 15.2 Å². The maximum absolute atomic E-state index is 10.9. The van der Waals surface area contributed by atoms with Crippen LogP contribution >= 0.6 is 0 Å². The van der Waals surface area contributed by atoms with Gasteiger partial charge in [-0.15, -0.1) is 0 Å². The third kappa shape index (κ3) is 3.33. The molecular weight excluding hydrogens is 246 g/mol. The highest BCUT2D eigenvalue weighted by atomic mass is 16.5.